The first-order valence-electron chi connectivity index (χ1n) is 10.9. The first kappa shape index (κ1) is 24.7. The van der Waals surface area contributed by atoms with Crippen molar-refractivity contribution in [1.82, 2.24) is 9.97 Å². The van der Waals surface area contributed by atoms with E-state index in [2.05, 4.69) is 15.3 Å². The van der Waals surface area contributed by atoms with Crippen LogP contribution in [-0.2, 0) is 5.54 Å². The largest absolute Gasteiger partial charge is 0.395 e. The third-order valence-corrected chi connectivity index (χ3v) is 7.40. The molecule has 0 fully saturated rings. The fourth-order valence-electron chi connectivity index (χ4n) is 4.30. The molecule has 0 spiro atoms. The molecule has 2 heterocycles. The molecule has 2 atom stereocenters. The molecule has 0 aliphatic heterocycles. The van der Waals surface area contributed by atoms with Gasteiger partial charge in [-0.25, -0.2) is 9.37 Å². The Hall–Kier alpha value is -2.45. The molecule has 0 radical (unpaired) electrons. The highest BCUT2D eigenvalue weighted by Crippen LogP contribution is 2.47. The summed E-state index contributed by atoms with van der Waals surface area (Å²) >= 11 is 7.49. The van der Waals surface area contributed by atoms with E-state index in [1.807, 2.05) is 32.1 Å². The van der Waals surface area contributed by atoms with E-state index in [0.717, 1.165) is 29.0 Å². The lowest BCUT2D eigenvalue weighted by atomic mass is 9.73. The van der Waals surface area contributed by atoms with Crippen molar-refractivity contribution in [2.45, 2.75) is 51.2 Å². The summed E-state index contributed by atoms with van der Waals surface area (Å²) < 4.78 is 55.9. The molecule has 0 amide bonds. The second-order valence-corrected chi connectivity index (χ2v) is 10.2. The monoisotopic (exact) mass is 509 g/mol. The van der Waals surface area contributed by atoms with E-state index in [4.69, 9.17) is 11.6 Å². The molecule has 2 aromatic heterocycles. The molecule has 0 bridgehead atoms. The van der Waals surface area contributed by atoms with Gasteiger partial charge in [0.15, 0.2) is 5.13 Å². The molecular weight excluding hydrogens is 486 g/mol. The summed E-state index contributed by atoms with van der Waals surface area (Å²) in [7, 11) is 0. The minimum atomic E-state index is -4.57. The van der Waals surface area contributed by atoms with Gasteiger partial charge in [0.2, 0.25) is 0 Å². The maximum atomic E-state index is 14.7. The number of alkyl halides is 3. The summed E-state index contributed by atoms with van der Waals surface area (Å²) in [5.74, 6) is -2.84. The minimum absolute atomic E-state index is 0.269. The van der Waals surface area contributed by atoms with Gasteiger partial charge >= 0.3 is 6.18 Å². The molecule has 9 heteroatoms. The molecule has 2 aliphatic rings. The van der Waals surface area contributed by atoms with E-state index >= 15 is 0 Å². The summed E-state index contributed by atoms with van der Waals surface area (Å²) in [5.41, 5.74) is 1.33. The zero-order valence-electron chi connectivity index (χ0n) is 18.7. The lowest BCUT2D eigenvalue weighted by Crippen LogP contribution is -2.41. The smallest absolute Gasteiger partial charge is 0.346 e. The standard InChI is InChI=1S/C25H24ClF4N3S/c1-15-16(2)34-23(32-15)33-24(13-17-6-4-3-5-7-17,22-9-8-20(26)14-31-22)18-10-19(25(28,29)30)12-21(27)11-18/h3-4,6,8-9,11-12,14,19H,5,7,10,13H2,1-2H3,(H,32,33). The van der Waals surface area contributed by atoms with Crippen molar-refractivity contribution < 1.29 is 17.6 Å². The number of allylic oxidation sites excluding steroid dienone is 6. The maximum Gasteiger partial charge on any atom is 0.395 e. The Morgan fingerprint density at radius 2 is 2.03 bits per heavy atom. The summed E-state index contributed by atoms with van der Waals surface area (Å²) in [6.07, 6.45) is 6.16. The number of nitrogens with zero attached hydrogens (tertiary/aromatic N) is 2. The van der Waals surface area contributed by atoms with E-state index < -0.39 is 23.5 Å². The molecule has 0 saturated heterocycles. The Balaban J connectivity index is 1.91. The average molecular weight is 510 g/mol. The number of anilines is 1. The lowest BCUT2D eigenvalue weighted by molar-refractivity contribution is -0.161. The molecule has 34 heavy (non-hydrogen) atoms. The van der Waals surface area contributed by atoms with Gasteiger partial charge in [0, 0.05) is 17.5 Å². The van der Waals surface area contributed by atoms with Crippen molar-refractivity contribution in [3.8, 4) is 0 Å². The summed E-state index contributed by atoms with van der Waals surface area (Å²) in [5, 5.41) is 4.35. The predicted octanol–water partition coefficient (Wildman–Crippen LogP) is 8.14. The molecule has 2 aromatic rings. The molecule has 2 aliphatic carbocycles. The van der Waals surface area contributed by atoms with Gasteiger partial charge in [0.1, 0.15) is 11.4 Å². The molecule has 1 N–H and O–H groups in total. The number of halogens is 5. The second kappa shape index (κ2) is 9.66. The Bertz CT molecular complexity index is 1160. The SMILES string of the molecule is Cc1nc(NC(CC2=CC=CCC2)(C2=CC(F)=CC(C(F)(F)F)C2)c2ccc(Cl)cn2)sc1C. The zero-order valence-corrected chi connectivity index (χ0v) is 20.3. The van der Waals surface area contributed by atoms with Gasteiger partial charge in [-0.1, -0.05) is 35.4 Å². The summed E-state index contributed by atoms with van der Waals surface area (Å²) in [6.45, 7) is 3.80. The van der Waals surface area contributed by atoms with Gasteiger partial charge in [0.25, 0.3) is 0 Å². The predicted molar refractivity (Wildman–Crippen MR) is 129 cm³/mol. The lowest BCUT2D eigenvalue weighted by Gasteiger charge is -2.40. The van der Waals surface area contributed by atoms with Gasteiger partial charge in [-0.15, -0.1) is 11.3 Å². The van der Waals surface area contributed by atoms with Crippen LogP contribution in [0.2, 0.25) is 5.02 Å². The molecule has 180 valence electrons. The Morgan fingerprint density at radius 1 is 1.24 bits per heavy atom. The Labute approximate surface area is 205 Å². The number of pyridine rings is 1. The van der Waals surface area contributed by atoms with E-state index in [0.29, 0.717) is 28.3 Å². The summed E-state index contributed by atoms with van der Waals surface area (Å²) in [4.78, 5) is 10.1. The van der Waals surface area contributed by atoms with Gasteiger partial charge < -0.3 is 5.32 Å². The number of rotatable bonds is 6. The zero-order chi connectivity index (χ0) is 24.5. The summed E-state index contributed by atoms with van der Waals surface area (Å²) in [6, 6.07) is 3.33. The Kier molecular flexibility index (Phi) is 7.01. The van der Waals surface area contributed by atoms with Gasteiger partial charge in [-0.05, 0) is 63.0 Å². The van der Waals surface area contributed by atoms with Crippen molar-refractivity contribution in [2.24, 2.45) is 5.92 Å². The third-order valence-electron chi connectivity index (χ3n) is 6.19. The molecule has 0 aromatic carbocycles. The van der Waals surface area contributed by atoms with Crippen LogP contribution in [0.15, 0.2) is 65.7 Å². The van der Waals surface area contributed by atoms with E-state index in [9.17, 15) is 17.6 Å². The number of thiazole rings is 1. The second-order valence-electron chi connectivity index (χ2n) is 8.59. The van der Waals surface area contributed by atoms with Crippen LogP contribution in [0.4, 0.5) is 22.7 Å². The van der Waals surface area contributed by atoms with E-state index in [1.165, 1.54) is 23.6 Å². The average Bonchev–Trinajstić information content (AvgIpc) is 3.10. The van der Waals surface area contributed by atoms with Gasteiger partial charge in [-0.2, -0.15) is 13.2 Å². The van der Waals surface area contributed by atoms with Crippen LogP contribution < -0.4 is 5.32 Å². The van der Waals surface area contributed by atoms with Crippen LogP contribution in [0.25, 0.3) is 0 Å². The van der Waals surface area contributed by atoms with Crippen LogP contribution in [0, 0.1) is 19.8 Å². The van der Waals surface area contributed by atoms with Gasteiger partial charge in [-0.3, -0.25) is 4.98 Å². The van der Waals surface area contributed by atoms with Crippen LogP contribution in [-0.4, -0.2) is 16.1 Å². The Morgan fingerprint density at radius 3 is 2.62 bits per heavy atom. The first-order chi connectivity index (χ1) is 16.1. The van der Waals surface area contributed by atoms with Gasteiger partial charge in [0.05, 0.1) is 22.3 Å². The van der Waals surface area contributed by atoms with Crippen LogP contribution in [0.5, 0.6) is 0 Å². The number of nitrogens with one attached hydrogen (secondary N) is 1. The number of hydrogen-bond donors (Lipinski definition) is 1. The molecular formula is C25H24ClF4N3S. The maximum absolute atomic E-state index is 14.7. The van der Waals surface area contributed by atoms with Crippen molar-refractivity contribution in [2.75, 3.05) is 5.32 Å². The minimum Gasteiger partial charge on any atom is -0.346 e. The van der Waals surface area contributed by atoms with Crippen molar-refractivity contribution in [1.29, 1.82) is 0 Å². The first-order valence-corrected chi connectivity index (χ1v) is 12.1. The number of aromatic nitrogens is 2. The van der Waals surface area contributed by atoms with Crippen molar-refractivity contribution >= 4 is 28.1 Å². The highest BCUT2D eigenvalue weighted by molar-refractivity contribution is 7.15. The van der Waals surface area contributed by atoms with Crippen LogP contribution >= 0.6 is 22.9 Å². The van der Waals surface area contributed by atoms with Crippen LogP contribution in [0.1, 0.15) is 41.9 Å². The fourth-order valence-corrected chi connectivity index (χ4v) is 5.31. The number of aryl methyl sites for hydroxylation is 2. The quantitative estimate of drug-likeness (QED) is 0.399. The van der Waals surface area contributed by atoms with Crippen molar-refractivity contribution in [3.63, 3.8) is 0 Å². The van der Waals surface area contributed by atoms with Crippen molar-refractivity contribution in [3.05, 3.63) is 87.0 Å². The fraction of sp³-hybridized carbons (Fsp3) is 0.360. The molecule has 0 saturated carbocycles. The third kappa shape index (κ3) is 5.28. The molecule has 2 unspecified atom stereocenters. The number of hydrogen-bond acceptors (Lipinski definition) is 4. The van der Waals surface area contributed by atoms with E-state index in [1.54, 1.807) is 12.1 Å². The van der Waals surface area contributed by atoms with Crippen LogP contribution in [0.3, 0.4) is 0 Å². The highest BCUT2D eigenvalue weighted by atomic mass is 35.5. The molecule has 3 nitrogen and oxygen atoms in total. The topological polar surface area (TPSA) is 37.8 Å². The normalized spacial score (nSPS) is 20.3. The highest BCUT2D eigenvalue weighted by Gasteiger charge is 2.46. The molecule has 4 rings (SSSR count). The van der Waals surface area contributed by atoms with E-state index in [-0.39, 0.29) is 12.0 Å².